The first-order chi connectivity index (χ1) is 12.6. The second-order valence-corrected chi connectivity index (χ2v) is 6.18. The summed E-state index contributed by atoms with van der Waals surface area (Å²) in [5.41, 5.74) is 1.08. The van der Waals surface area contributed by atoms with Crippen molar-refractivity contribution in [3.8, 4) is 17.9 Å². The molecule has 6 nitrogen and oxygen atoms in total. The molecule has 126 valence electrons. The smallest absolute Gasteiger partial charge is 0.259 e. The summed E-state index contributed by atoms with van der Waals surface area (Å²) >= 11 is 3.32. The largest absolute Gasteiger partial charge is 0.479 e. The Kier molecular flexibility index (Phi) is 5.12. The molecule has 1 N–H and O–H groups in total. The molecular formula is C19H11BrN4O2. The van der Waals surface area contributed by atoms with Crippen LogP contribution in [0.25, 0.3) is 22.6 Å². The van der Waals surface area contributed by atoms with E-state index in [4.69, 9.17) is 10.00 Å². The van der Waals surface area contributed by atoms with Gasteiger partial charge in [-0.3, -0.25) is 4.79 Å². The Hall–Kier alpha value is -3.42. The first-order valence-corrected chi connectivity index (χ1v) is 8.31. The van der Waals surface area contributed by atoms with Crippen molar-refractivity contribution in [1.82, 2.24) is 9.97 Å². The van der Waals surface area contributed by atoms with Crippen LogP contribution in [-0.4, -0.2) is 16.6 Å². The van der Waals surface area contributed by atoms with Gasteiger partial charge in [0.1, 0.15) is 17.9 Å². The lowest BCUT2D eigenvalue weighted by Gasteiger charge is -2.04. The van der Waals surface area contributed by atoms with E-state index in [1.165, 1.54) is 0 Å². The van der Waals surface area contributed by atoms with Crippen molar-refractivity contribution in [2.24, 2.45) is 0 Å². The molecule has 0 saturated carbocycles. The number of nitrogens with one attached hydrogen (secondary N) is 1. The molecule has 0 amide bonds. The Morgan fingerprint density at radius 1 is 1.27 bits per heavy atom. The third-order valence-corrected chi connectivity index (χ3v) is 4.01. The number of nitrogens with zero attached hydrogens (tertiary/aromatic N) is 3. The average Bonchev–Trinajstić information content (AvgIpc) is 2.65. The molecule has 0 bridgehead atoms. The number of hydrogen-bond donors (Lipinski definition) is 1. The summed E-state index contributed by atoms with van der Waals surface area (Å²) in [5, 5.41) is 18.5. The highest BCUT2D eigenvalue weighted by Gasteiger charge is 2.09. The number of benzene rings is 2. The Morgan fingerprint density at radius 3 is 2.88 bits per heavy atom. The fourth-order valence-corrected chi connectivity index (χ4v) is 2.73. The predicted molar refractivity (Wildman–Crippen MR) is 101 cm³/mol. The average molecular weight is 407 g/mol. The minimum Gasteiger partial charge on any atom is -0.479 e. The molecular weight excluding hydrogens is 396 g/mol. The third kappa shape index (κ3) is 3.80. The molecule has 0 unspecified atom stereocenters. The quantitative estimate of drug-likeness (QED) is 0.665. The zero-order valence-corrected chi connectivity index (χ0v) is 14.9. The van der Waals surface area contributed by atoms with E-state index in [-0.39, 0.29) is 23.6 Å². The maximum absolute atomic E-state index is 12.3. The van der Waals surface area contributed by atoms with Crippen LogP contribution in [0.5, 0.6) is 5.75 Å². The van der Waals surface area contributed by atoms with Gasteiger partial charge < -0.3 is 9.72 Å². The zero-order chi connectivity index (χ0) is 18.5. The molecule has 3 aromatic rings. The fraction of sp³-hybridized carbons (Fsp3) is 0.0526. The molecule has 1 heterocycles. The van der Waals surface area contributed by atoms with E-state index in [1.807, 2.05) is 6.07 Å². The van der Waals surface area contributed by atoms with E-state index in [1.54, 1.807) is 48.5 Å². The molecule has 0 atom stereocenters. The van der Waals surface area contributed by atoms with Crippen LogP contribution in [0.15, 0.2) is 51.7 Å². The highest BCUT2D eigenvalue weighted by molar-refractivity contribution is 9.10. The van der Waals surface area contributed by atoms with Gasteiger partial charge in [-0.15, -0.1) is 0 Å². The zero-order valence-electron chi connectivity index (χ0n) is 13.4. The Bertz CT molecular complexity index is 1150. The summed E-state index contributed by atoms with van der Waals surface area (Å²) in [6, 6.07) is 16.1. The van der Waals surface area contributed by atoms with Crippen LogP contribution >= 0.6 is 15.9 Å². The number of ether oxygens (including phenoxy) is 1. The molecule has 7 heteroatoms. The minimum atomic E-state index is -0.321. The first-order valence-electron chi connectivity index (χ1n) is 7.52. The van der Waals surface area contributed by atoms with Crippen LogP contribution in [0.4, 0.5) is 0 Å². The van der Waals surface area contributed by atoms with Crippen LogP contribution in [0, 0.1) is 22.7 Å². The maximum Gasteiger partial charge on any atom is 0.259 e. The van der Waals surface area contributed by atoms with Gasteiger partial charge in [-0.1, -0.05) is 28.1 Å². The van der Waals surface area contributed by atoms with Gasteiger partial charge in [0, 0.05) is 4.47 Å². The maximum atomic E-state index is 12.3. The lowest BCUT2D eigenvalue weighted by Crippen LogP contribution is -2.11. The normalized spacial score (nSPS) is 11.0. The summed E-state index contributed by atoms with van der Waals surface area (Å²) in [5.74, 6) is 0.707. The van der Waals surface area contributed by atoms with E-state index in [9.17, 15) is 10.1 Å². The van der Waals surface area contributed by atoms with Crippen LogP contribution in [0.2, 0.25) is 0 Å². The van der Waals surface area contributed by atoms with Crippen LogP contribution in [0.3, 0.4) is 0 Å². The summed E-state index contributed by atoms with van der Waals surface area (Å²) in [6.07, 6.45) is 1.60. The molecule has 0 aliphatic carbocycles. The number of allylic oxidation sites excluding steroid dienone is 1. The van der Waals surface area contributed by atoms with Gasteiger partial charge in [0.2, 0.25) is 0 Å². The number of aromatic amines is 1. The van der Waals surface area contributed by atoms with E-state index >= 15 is 0 Å². The standard InChI is InChI=1S/C19H11BrN4O2/c20-14-4-5-17-16(10-14)19(25)24-18(23-17)13(11-22)8-12-2-1-3-15(9-12)26-7-6-21/h1-5,8-10H,7H2,(H,23,24,25)/b13-8-. The van der Waals surface area contributed by atoms with Gasteiger partial charge in [-0.2, -0.15) is 10.5 Å². The number of nitriles is 2. The molecule has 3 rings (SSSR count). The number of H-pyrrole nitrogens is 1. The van der Waals surface area contributed by atoms with Crippen molar-refractivity contribution in [3.05, 3.63) is 68.7 Å². The van der Waals surface area contributed by atoms with Gasteiger partial charge in [0.05, 0.1) is 16.5 Å². The van der Waals surface area contributed by atoms with E-state index in [0.29, 0.717) is 22.2 Å². The van der Waals surface area contributed by atoms with Crippen molar-refractivity contribution >= 4 is 38.5 Å². The van der Waals surface area contributed by atoms with Gasteiger partial charge >= 0.3 is 0 Å². The molecule has 0 spiro atoms. The number of aromatic nitrogens is 2. The van der Waals surface area contributed by atoms with E-state index < -0.39 is 0 Å². The number of hydrogen-bond acceptors (Lipinski definition) is 5. The van der Waals surface area contributed by atoms with Crippen molar-refractivity contribution in [1.29, 1.82) is 10.5 Å². The fourth-order valence-electron chi connectivity index (χ4n) is 2.37. The second-order valence-electron chi connectivity index (χ2n) is 5.27. The molecule has 0 fully saturated rings. The molecule has 2 aromatic carbocycles. The lowest BCUT2D eigenvalue weighted by atomic mass is 10.1. The molecule has 1 aromatic heterocycles. The molecule has 0 aliphatic heterocycles. The summed E-state index contributed by atoms with van der Waals surface area (Å²) in [4.78, 5) is 19.3. The topological polar surface area (TPSA) is 103 Å². The Morgan fingerprint density at radius 2 is 2.12 bits per heavy atom. The molecule has 0 aliphatic rings. The second kappa shape index (κ2) is 7.64. The summed E-state index contributed by atoms with van der Waals surface area (Å²) < 4.78 is 6.03. The number of rotatable bonds is 4. The van der Waals surface area contributed by atoms with Gasteiger partial charge in [0.15, 0.2) is 12.4 Å². The molecule has 26 heavy (non-hydrogen) atoms. The SMILES string of the molecule is N#CCOc1cccc(/C=C(/C#N)c2nc3ccc(Br)cc3c(=O)[nH]2)c1. The van der Waals surface area contributed by atoms with Crippen LogP contribution in [0.1, 0.15) is 11.4 Å². The van der Waals surface area contributed by atoms with Gasteiger partial charge in [-0.05, 0) is 42.0 Å². The third-order valence-electron chi connectivity index (χ3n) is 3.52. The predicted octanol–water partition coefficient (Wildman–Crippen LogP) is 3.65. The first kappa shape index (κ1) is 17.4. The summed E-state index contributed by atoms with van der Waals surface area (Å²) in [7, 11) is 0. The summed E-state index contributed by atoms with van der Waals surface area (Å²) in [6.45, 7) is -0.0621. The van der Waals surface area contributed by atoms with Gasteiger partial charge in [0.25, 0.3) is 5.56 Å². The molecule has 0 radical (unpaired) electrons. The Balaban J connectivity index is 2.04. The highest BCUT2D eigenvalue weighted by atomic mass is 79.9. The van der Waals surface area contributed by atoms with Crippen molar-refractivity contribution in [3.63, 3.8) is 0 Å². The number of halogens is 1. The Labute approximate surface area is 157 Å². The van der Waals surface area contributed by atoms with Crippen molar-refractivity contribution in [2.75, 3.05) is 6.61 Å². The molecule has 0 saturated heterocycles. The van der Waals surface area contributed by atoms with E-state index in [0.717, 1.165) is 4.47 Å². The van der Waals surface area contributed by atoms with E-state index in [2.05, 4.69) is 32.0 Å². The highest BCUT2D eigenvalue weighted by Crippen LogP contribution is 2.20. The van der Waals surface area contributed by atoms with Crippen LogP contribution < -0.4 is 10.3 Å². The van der Waals surface area contributed by atoms with Crippen LogP contribution in [-0.2, 0) is 0 Å². The lowest BCUT2D eigenvalue weighted by molar-refractivity contribution is 0.368. The number of fused-ring (bicyclic) bond motifs is 1. The van der Waals surface area contributed by atoms with Gasteiger partial charge in [-0.25, -0.2) is 4.98 Å². The minimum absolute atomic E-state index is 0.0621. The van der Waals surface area contributed by atoms with Crippen molar-refractivity contribution < 1.29 is 4.74 Å². The monoisotopic (exact) mass is 406 g/mol. The van der Waals surface area contributed by atoms with Crippen molar-refractivity contribution in [2.45, 2.75) is 0 Å².